The molecule has 0 bridgehead atoms. The van der Waals surface area contributed by atoms with E-state index in [4.69, 9.17) is 4.74 Å². The molecule has 0 radical (unpaired) electrons. The zero-order valence-corrected chi connectivity index (χ0v) is 16.1. The van der Waals surface area contributed by atoms with Gasteiger partial charge >= 0.3 is 0 Å². The van der Waals surface area contributed by atoms with Crippen LogP contribution in [-0.2, 0) is 11.3 Å². The van der Waals surface area contributed by atoms with Crippen LogP contribution in [0, 0.1) is 6.92 Å². The number of para-hydroxylation sites is 1. The molecule has 0 saturated heterocycles. The molecule has 0 atom stereocenters. The van der Waals surface area contributed by atoms with Gasteiger partial charge in [0.25, 0.3) is 5.91 Å². The van der Waals surface area contributed by atoms with Crippen LogP contribution < -0.4 is 10.2 Å². The molecule has 0 aliphatic carbocycles. The Morgan fingerprint density at radius 2 is 1.71 bits per heavy atom. The molecule has 0 aliphatic rings. The maximum Gasteiger partial charge on any atom is 0.277 e. The Hall–Kier alpha value is -3.25. The van der Waals surface area contributed by atoms with Crippen LogP contribution in [0.2, 0.25) is 0 Å². The second-order valence-electron chi connectivity index (χ2n) is 6.35. The quantitative estimate of drug-likeness (QED) is 0.607. The standard InChI is InChI=1S/C22H24N4O2/c1-17-15-20(25-22(24-17)23-13-14-28-2)21(27)26(19-11-7-4-8-12-19)16-18-9-5-3-6-10-18/h3-12,15H,13-14,16H2,1-2H3,(H,23,24,25). The van der Waals surface area contributed by atoms with Gasteiger partial charge < -0.3 is 15.0 Å². The third kappa shape index (κ3) is 5.14. The van der Waals surface area contributed by atoms with Crippen LogP contribution in [0.1, 0.15) is 21.7 Å². The summed E-state index contributed by atoms with van der Waals surface area (Å²) in [7, 11) is 1.63. The predicted molar refractivity (Wildman–Crippen MR) is 111 cm³/mol. The smallest absolute Gasteiger partial charge is 0.277 e. The van der Waals surface area contributed by atoms with Crippen molar-refractivity contribution in [1.29, 1.82) is 0 Å². The molecule has 3 rings (SSSR count). The molecule has 1 heterocycles. The molecule has 0 unspecified atom stereocenters. The second kappa shape index (κ2) is 9.62. The van der Waals surface area contributed by atoms with E-state index in [-0.39, 0.29) is 5.91 Å². The van der Waals surface area contributed by atoms with Gasteiger partial charge in [0.2, 0.25) is 5.95 Å². The number of aromatic nitrogens is 2. The van der Waals surface area contributed by atoms with E-state index in [1.807, 2.05) is 67.6 Å². The van der Waals surface area contributed by atoms with Crippen molar-refractivity contribution in [3.63, 3.8) is 0 Å². The van der Waals surface area contributed by atoms with Crippen LogP contribution in [0.15, 0.2) is 66.7 Å². The number of aryl methyl sites for hydroxylation is 1. The topological polar surface area (TPSA) is 67.3 Å². The molecular formula is C22H24N4O2. The molecule has 0 fully saturated rings. The van der Waals surface area contributed by atoms with Gasteiger partial charge in [0.15, 0.2) is 0 Å². The van der Waals surface area contributed by atoms with Crippen LogP contribution >= 0.6 is 0 Å². The number of amides is 1. The first-order valence-electron chi connectivity index (χ1n) is 9.16. The van der Waals surface area contributed by atoms with E-state index in [0.717, 1.165) is 16.9 Å². The Morgan fingerprint density at radius 1 is 1.04 bits per heavy atom. The fourth-order valence-electron chi connectivity index (χ4n) is 2.81. The lowest BCUT2D eigenvalue weighted by Crippen LogP contribution is -2.31. The van der Waals surface area contributed by atoms with Gasteiger partial charge in [-0.2, -0.15) is 0 Å². The molecule has 0 aliphatic heterocycles. The summed E-state index contributed by atoms with van der Waals surface area (Å²) in [6, 6.07) is 21.2. The molecule has 28 heavy (non-hydrogen) atoms. The summed E-state index contributed by atoms with van der Waals surface area (Å²) in [5, 5.41) is 3.09. The minimum absolute atomic E-state index is 0.171. The summed E-state index contributed by atoms with van der Waals surface area (Å²) in [5.74, 6) is 0.253. The van der Waals surface area contributed by atoms with E-state index in [1.165, 1.54) is 0 Å². The highest BCUT2D eigenvalue weighted by Crippen LogP contribution is 2.20. The first kappa shape index (κ1) is 19.5. The Labute approximate surface area is 165 Å². The number of ether oxygens (including phenoxy) is 1. The Kier molecular flexibility index (Phi) is 6.70. The van der Waals surface area contributed by atoms with Crippen molar-refractivity contribution in [3.8, 4) is 0 Å². The van der Waals surface area contributed by atoms with Gasteiger partial charge in [-0.3, -0.25) is 4.79 Å². The van der Waals surface area contributed by atoms with Gasteiger partial charge in [0.1, 0.15) is 5.69 Å². The molecular weight excluding hydrogens is 352 g/mol. The molecule has 2 aromatic carbocycles. The number of hydrogen-bond acceptors (Lipinski definition) is 5. The zero-order chi connectivity index (χ0) is 19.8. The SMILES string of the molecule is COCCNc1nc(C)cc(C(=O)N(Cc2ccccc2)c2ccccc2)n1. The van der Waals surface area contributed by atoms with E-state index in [2.05, 4.69) is 15.3 Å². The lowest BCUT2D eigenvalue weighted by molar-refractivity contribution is 0.0980. The lowest BCUT2D eigenvalue weighted by Gasteiger charge is -2.23. The second-order valence-corrected chi connectivity index (χ2v) is 6.35. The van der Waals surface area contributed by atoms with Crippen molar-refractivity contribution in [2.24, 2.45) is 0 Å². The zero-order valence-electron chi connectivity index (χ0n) is 16.1. The number of carbonyl (C=O) groups excluding carboxylic acids is 1. The lowest BCUT2D eigenvalue weighted by atomic mass is 10.1. The summed E-state index contributed by atoms with van der Waals surface area (Å²) in [6.45, 7) is 3.41. The number of methoxy groups -OCH3 is 1. The van der Waals surface area contributed by atoms with Gasteiger partial charge in [-0.1, -0.05) is 48.5 Å². The average Bonchev–Trinajstić information content (AvgIpc) is 2.73. The Morgan fingerprint density at radius 3 is 2.39 bits per heavy atom. The van der Waals surface area contributed by atoms with Crippen LogP contribution in [0.5, 0.6) is 0 Å². The molecule has 3 aromatic rings. The van der Waals surface area contributed by atoms with Crippen molar-refractivity contribution in [2.75, 3.05) is 30.5 Å². The summed E-state index contributed by atoms with van der Waals surface area (Å²) in [5.41, 5.74) is 2.95. The molecule has 1 amide bonds. The van der Waals surface area contributed by atoms with Gasteiger partial charge in [0.05, 0.1) is 13.2 Å². The van der Waals surface area contributed by atoms with E-state index < -0.39 is 0 Å². The van der Waals surface area contributed by atoms with Crippen molar-refractivity contribution in [2.45, 2.75) is 13.5 Å². The summed E-state index contributed by atoms with van der Waals surface area (Å²) in [4.78, 5) is 23.9. The highest BCUT2D eigenvalue weighted by atomic mass is 16.5. The molecule has 0 spiro atoms. The Bertz CT molecular complexity index is 901. The first-order chi connectivity index (χ1) is 13.7. The summed E-state index contributed by atoms with van der Waals surface area (Å²) >= 11 is 0. The minimum Gasteiger partial charge on any atom is -0.383 e. The maximum absolute atomic E-state index is 13.4. The number of nitrogens with one attached hydrogen (secondary N) is 1. The van der Waals surface area contributed by atoms with Crippen molar-refractivity contribution in [3.05, 3.63) is 83.7 Å². The van der Waals surface area contributed by atoms with Gasteiger partial charge in [-0.05, 0) is 30.7 Å². The van der Waals surface area contributed by atoms with E-state index in [9.17, 15) is 4.79 Å². The van der Waals surface area contributed by atoms with E-state index >= 15 is 0 Å². The highest BCUT2D eigenvalue weighted by Gasteiger charge is 2.20. The van der Waals surface area contributed by atoms with Crippen LogP contribution in [0.25, 0.3) is 0 Å². The molecule has 6 nitrogen and oxygen atoms in total. The number of carbonyl (C=O) groups is 1. The average molecular weight is 376 g/mol. The number of rotatable bonds is 8. The van der Waals surface area contributed by atoms with Crippen LogP contribution in [0.3, 0.4) is 0 Å². The number of hydrogen-bond donors (Lipinski definition) is 1. The van der Waals surface area contributed by atoms with Crippen molar-refractivity contribution < 1.29 is 9.53 Å². The predicted octanol–water partition coefficient (Wildman–Crippen LogP) is 3.69. The van der Waals surface area contributed by atoms with Gasteiger partial charge in [0, 0.05) is 25.0 Å². The van der Waals surface area contributed by atoms with E-state index in [1.54, 1.807) is 18.1 Å². The van der Waals surface area contributed by atoms with Gasteiger partial charge in [-0.15, -0.1) is 0 Å². The fourth-order valence-corrected chi connectivity index (χ4v) is 2.81. The maximum atomic E-state index is 13.4. The van der Waals surface area contributed by atoms with Crippen LogP contribution in [0.4, 0.5) is 11.6 Å². The van der Waals surface area contributed by atoms with Crippen molar-refractivity contribution >= 4 is 17.5 Å². The highest BCUT2D eigenvalue weighted by molar-refractivity contribution is 6.04. The molecule has 6 heteroatoms. The van der Waals surface area contributed by atoms with E-state index in [0.29, 0.717) is 31.3 Å². The third-order valence-electron chi connectivity index (χ3n) is 4.16. The van der Waals surface area contributed by atoms with Gasteiger partial charge in [-0.25, -0.2) is 9.97 Å². The van der Waals surface area contributed by atoms with Crippen molar-refractivity contribution in [1.82, 2.24) is 9.97 Å². The first-order valence-corrected chi connectivity index (χ1v) is 9.16. The molecule has 0 saturated carbocycles. The Balaban J connectivity index is 1.90. The molecule has 1 aromatic heterocycles. The third-order valence-corrected chi connectivity index (χ3v) is 4.16. The molecule has 144 valence electrons. The van der Waals surface area contributed by atoms with Crippen LogP contribution in [-0.4, -0.2) is 36.1 Å². The largest absolute Gasteiger partial charge is 0.383 e. The minimum atomic E-state index is -0.171. The molecule has 1 N–H and O–H groups in total. The number of nitrogens with zero attached hydrogens (tertiary/aromatic N) is 3. The number of benzene rings is 2. The summed E-state index contributed by atoms with van der Waals surface area (Å²) in [6.07, 6.45) is 0. The summed E-state index contributed by atoms with van der Waals surface area (Å²) < 4.78 is 5.04. The normalized spacial score (nSPS) is 10.5. The number of anilines is 2. The monoisotopic (exact) mass is 376 g/mol. The fraction of sp³-hybridized carbons (Fsp3) is 0.227.